The van der Waals surface area contributed by atoms with Gasteiger partial charge in [-0.25, -0.2) is 4.79 Å². The highest BCUT2D eigenvalue weighted by atomic mass is 16.1. The molecule has 0 aliphatic carbocycles. The number of rotatable bonds is 4. The Morgan fingerprint density at radius 2 is 2.25 bits per heavy atom. The number of hydrogen-bond donors (Lipinski definition) is 0. The molecular weight excluding hydrogens is 202 g/mol. The van der Waals surface area contributed by atoms with E-state index in [0.29, 0.717) is 5.69 Å². The van der Waals surface area contributed by atoms with E-state index in [2.05, 4.69) is 14.9 Å². The third-order valence-electron chi connectivity index (χ3n) is 2.90. The van der Waals surface area contributed by atoms with Crippen LogP contribution in [0.15, 0.2) is 23.3 Å². The standard InChI is InChI=1S/C12H15N3O/c16-10-14-11-4-3-6-13-12(11)5-9-15-7-1-2-8-15/h3-4,6H,1-2,5,7-9H2. The minimum Gasteiger partial charge on any atom is -0.303 e. The lowest BCUT2D eigenvalue weighted by Crippen LogP contribution is -2.22. The van der Waals surface area contributed by atoms with Crippen LogP contribution in [0, 0.1) is 0 Å². The van der Waals surface area contributed by atoms with E-state index in [1.165, 1.54) is 25.9 Å². The van der Waals surface area contributed by atoms with Crippen molar-refractivity contribution in [2.24, 2.45) is 4.99 Å². The van der Waals surface area contributed by atoms with Gasteiger partial charge in [-0.2, -0.15) is 4.99 Å². The smallest absolute Gasteiger partial charge is 0.240 e. The molecule has 0 bridgehead atoms. The summed E-state index contributed by atoms with van der Waals surface area (Å²) in [4.78, 5) is 20.6. The van der Waals surface area contributed by atoms with Gasteiger partial charge in [0.25, 0.3) is 0 Å². The maximum atomic E-state index is 10.3. The van der Waals surface area contributed by atoms with E-state index < -0.39 is 0 Å². The van der Waals surface area contributed by atoms with Crippen molar-refractivity contribution in [2.75, 3.05) is 19.6 Å². The molecule has 0 atom stereocenters. The number of hydrogen-bond acceptors (Lipinski definition) is 4. The summed E-state index contributed by atoms with van der Waals surface area (Å²) in [6.07, 6.45) is 6.75. The fraction of sp³-hybridized carbons (Fsp3) is 0.500. The molecule has 4 nitrogen and oxygen atoms in total. The summed E-state index contributed by atoms with van der Waals surface area (Å²) in [5, 5.41) is 0. The molecule has 2 rings (SSSR count). The molecule has 84 valence electrons. The van der Waals surface area contributed by atoms with Gasteiger partial charge in [0.15, 0.2) is 0 Å². The van der Waals surface area contributed by atoms with Crippen molar-refractivity contribution in [3.05, 3.63) is 24.0 Å². The van der Waals surface area contributed by atoms with Crippen molar-refractivity contribution in [2.45, 2.75) is 19.3 Å². The SMILES string of the molecule is O=C=Nc1cccnc1CCN1CCCC1. The van der Waals surface area contributed by atoms with Gasteiger partial charge in [-0.3, -0.25) is 4.98 Å². The largest absolute Gasteiger partial charge is 0.303 e. The number of aliphatic imine (C=N–C) groups is 1. The van der Waals surface area contributed by atoms with Crippen molar-refractivity contribution < 1.29 is 4.79 Å². The first-order chi connectivity index (χ1) is 7.90. The lowest BCUT2D eigenvalue weighted by molar-refractivity contribution is 0.342. The molecule has 0 spiro atoms. The second kappa shape index (κ2) is 5.54. The highest BCUT2D eigenvalue weighted by Crippen LogP contribution is 2.17. The van der Waals surface area contributed by atoms with Gasteiger partial charge >= 0.3 is 0 Å². The maximum Gasteiger partial charge on any atom is 0.240 e. The van der Waals surface area contributed by atoms with Crippen LogP contribution >= 0.6 is 0 Å². The van der Waals surface area contributed by atoms with Crippen LogP contribution in [0.2, 0.25) is 0 Å². The summed E-state index contributed by atoms with van der Waals surface area (Å²) in [5.74, 6) is 0. The zero-order valence-corrected chi connectivity index (χ0v) is 9.22. The molecule has 0 unspecified atom stereocenters. The first-order valence-electron chi connectivity index (χ1n) is 5.64. The molecule has 1 saturated heterocycles. The molecule has 4 heteroatoms. The van der Waals surface area contributed by atoms with Crippen molar-refractivity contribution in [1.29, 1.82) is 0 Å². The first kappa shape index (κ1) is 11.0. The van der Waals surface area contributed by atoms with E-state index in [1.807, 2.05) is 0 Å². The molecule has 1 aliphatic rings. The number of isocyanates is 1. The lowest BCUT2D eigenvalue weighted by Gasteiger charge is -2.14. The van der Waals surface area contributed by atoms with Crippen LogP contribution < -0.4 is 0 Å². The Labute approximate surface area is 95.0 Å². The fourth-order valence-corrected chi connectivity index (χ4v) is 2.04. The summed E-state index contributed by atoms with van der Waals surface area (Å²) < 4.78 is 0. The highest BCUT2D eigenvalue weighted by molar-refractivity contribution is 5.51. The quantitative estimate of drug-likeness (QED) is 0.569. The average Bonchev–Trinajstić information content (AvgIpc) is 2.81. The molecule has 0 saturated carbocycles. The predicted octanol–water partition coefficient (Wildman–Crippen LogP) is 1.69. The van der Waals surface area contributed by atoms with Crippen LogP contribution in [0.4, 0.5) is 5.69 Å². The predicted molar refractivity (Wildman–Crippen MR) is 61.4 cm³/mol. The van der Waals surface area contributed by atoms with Crippen molar-refractivity contribution >= 4 is 11.8 Å². The van der Waals surface area contributed by atoms with Gasteiger partial charge in [-0.05, 0) is 38.1 Å². The minimum absolute atomic E-state index is 0.650. The molecule has 2 heterocycles. The van der Waals surface area contributed by atoms with Gasteiger partial charge in [0, 0.05) is 19.2 Å². The Balaban J connectivity index is 1.99. The van der Waals surface area contributed by atoms with E-state index in [9.17, 15) is 4.79 Å². The second-order valence-corrected chi connectivity index (χ2v) is 3.97. The highest BCUT2D eigenvalue weighted by Gasteiger charge is 2.12. The van der Waals surface area contributed by atoms with Crippen molar-refractivity contribution in [3.63, 3.8) is 0 Å². The van der Waals surface area contributed by atoms with Gasteiger partial charge in [0.1, 0.15) is 0 Å². The van der Waals surface area contributed by atoms with Crippen LogP contribution in [0.25, 0.3) is 0 Å². The average molecular weight is 217 g/mol. The second-order valence-electron chi connectivity index (χ2n) is 3.97. The number of nitrogens with zero attached hydrogens (tertiary/aromatic N) is 3. The van der Waals surface area contributed by atoms with Crippen LogP contribution in [0.3, 0.4) is 0 Å². The van der Waals surface area contributed by atoms with Crippen LogP contribution in [-0.4, -0.2) is 35.6 Å². The van der Waals surface area contributed by atoms with E-state index in [-0.39, 0.29) is 0 Å². The van der Waals surface area contributed by atoms with E-state index in [1.54, 1.807) is 24.4 Å². The summed E-state index contributed by atoms with van der Waals surface area (Å²) in [7, 11) is 0. The van der Waals surface area contributed by atoms with Crippen molar-refractivity contribution in [1.82, 2.24) is 9.88 Å². The van der Waals surface area contributed by atoms with Gasteiger partial charge in [0.2, 0.25) is 6.08 Å². The monoisotopic (exact) mass is 217 g/mol. The lowest BCUT2D eigenvalue weighted by atomic mass is 10.2. The van der Waals surface area contributed by atoms with Gasteiger partial charge in [-0.1, -0.05) is 0 Å². The summed E-state index contributed by atoms with van der Waals surface area (Å²) in [5.41, 5.74) is 1.54. The Kier molecular flexibility index (Phi) is 3.81. The molecule has 0 N–H and O–H groups in total. The van der Waals surface area contributed by atoms with Gasteiger partial charge in [0.05, 0.1) is 11.4 Å². The maximum absolute atomic E-state index is 10.3. The molecule has 0 amide bonds. The van der Waals surface area contributed by atoms with E-state index >= 15 is 0 Å². The number of pyridine rings is 1. The van der Waals surface area contributed by atoms with Gasteiger partial charge in [-0.15, -0.1) is 0 Å². The Morgan fingerprint density at radius 3 is 3.00 bits per heavy atom. The van der Waals surface area contributed by atoms with Crippen LogP contribution in [0.1, 0.15) is 18.5 Å². The molecule has 1 fully saturated rings. The number of carbonyl (C=O) groups excluding carboxylic acids is 1. The third kappa shape index (κ3) is 2.75. The van der Waals surface area contributed by atoms with E-state index in [0.717, 1.165) is 18.7 Å². The Bertz CT molecular complexity index is 393. The van der Waals surface area contributed by atoms with Gasteiger partial charge < -0.3 is 4.90 Å². The molecule has 1 aromatic rings. The number of aromatic nitrogens is 1. The Hall–Kier alpha value is -1.51. The zero-order chi connectivity index (χ0) is 11.2. The van der Waals surface area contributed by atoms with Crippen LogP contribution in [-0.2, 0) is 11.2 Å². The zero-order valence-electron chi connectivity index (χ0n) is 9.22. The molecule has 0 radical (unpaired) electrons. The first-order valence-corrected chi connectivity index (χ1v) is 5.64. The van der Waals surface area contributed by atoms with E-state index in [4.69, 9.17) is 0 Å². The molecule has 0 aromatic carbocycles. The third-order valence-corrected chi connectivity index (χ3v) is 2.90. The minimum atomic E-state index is 0.650. The molecule has 1 aromatic heterocycles. The Morgan fingerprint density at radius 1 is 1.44 bits per heavy atom. The molecule has 16 heavy (non-hydrogen) atoms. The normalized spacial score (nSPS) is 16.0. The summed E-state index contributed by atoms with van der Waals surface area (Å²) in [6, 6.07) is 3.59. The van der Waals surface area contributed by atoms with Crippen LogP contribution in [0.5, 0.6) is 0 Å². The molecule has 1 aliphatic heterocycles. The molecular formula is C12H15N3O. The topological polar surface area (TPSA) is 45.6 Å². The summed E-state index contributed by atoms with van der Waals surface area (Å²) in [6.45, 7) is 3.36. The number of likely N-dealkylation sites (tertiary alicyclic amines) is 1. The summed E-state index contributed by atoms with van der Waals surface area (Å²) >= 11 is 0. The van der Waals surface area contributed by atoms with Crippen molar-refractivity contribution in [3.8, 4) is 0 Å². The fourth-order valence-electron chi connectivity index (χ4n) is 2.04.